The first-order chi connectivity index (χ1) is 12.5. The summed E-state index contributed by atoms with van der Waals surface area (Å²) in [7, 11) is 0. The van der Waals surface area contributed by atoms with Crippen LogP contribution in [0.3, 0.4) is 0 Å². The van der Waals surface area contributed by atoms with Crippen LogP contribution in [0.25, 0.3) is 0 Å². The highest BCUT2D eigenvalue weighted by Crippen LogP contribution is 2.41. The van der Waals surface area contributed by atoms with E-state index in [1.807, 2.05) is 31.2 Å². The quantitative estimate of drug-likeness (QED) is 0.742. The second kappa shape index (κ2) is 7.43. The topological polar surface area (TPSA) is 93.4 Å². The molecule has 3 amide bonds. The highest BCUT2D eigenvalue weighted by Gasteiger charge is 2.39. The van der Waals surface area contributed by atoms with E-state index in [1.54, 1.807) is 0 Å². The molecule has 136 valence electrons. The predicted molar refractivity (Wildman–Crippen MR) is 95.8 cm³/mol. The van der Waals surface area contributed by atoms with Crippen molar-refractivity contribution in [3.05, 3.63) is 59.4 Å². The lowest BCUT2D eigenvalue weighted by Crippen LogP contribution is -2.31. The van der Waals surface area contributed by atoms with E-state index in [1.165, 1.54) is 12.1 Å². The van der Waals surface area contributed by atoms with E-state index in [-0.39, 0.29) is 23.2 Å². The van der Waals surface area contributed by atoms with Gasteiger partial charge >= 0.3 is 6.03 Å². The number of amides is 3. The van der Waals surface area contributed by atoms with Crippen molar-refractivity contribution in [3.63, 3.8) is 0 Å². The SMILES string of the molecule is CCOc1cccc(C2CC2NC(=O)Nc2ccc(C(N)=O)cc2F)c1. The van der Waals surface area contributed by atoms with Gasteiger partial charge in [-0.15, -0.1) is 0 Å². The van der Waals surface area contributed by atoms with Crippen LogP contribution in [-0.2, 0) is 0 Å². The van der Waals surface area contributed by atoms with Gasteiger partial charge in [0.25, 0.3) is 0 Å². The van der Waals surface area contributed by atoms with Gasteiger partial charge in [0.1, 0.15) is 11.6 Å². The Morgan fingerprint density at radius 2 is 2.08 bits per heavy atom. The van der Waals surface area contributed by atoms with Gasteiger partial charge in [0, 0.05) is 17.5 Å². The van der Waals surface area contributed by atoms with Crippen LogP contribution >= 0.6 is 0 Å². The van der Waals surface area contributed by atoms with Crippen LogP contribution in [0.4, 0.5) is 14.9 Å². The number of nitrogens with two attached hydrogens (primary N) is 1. The van der Waals surface area contributed by atoms with Gasteiger partial charge in [-0.3, -0.25) is 4.79 Å². The average molecular weight is 357 g/mol. The number of hydrogen-bond acceptors (Lipinski definition) is 3. The third kappa shape index (κ3) is 4.11. The van der Waals surface area contributed by atoms with Crippen LogP contribution in [0.1, 0.15) is 35.2 Å². The fraction of sp³-hybridized carbons (Fsp3) is 0.263. The Balaban J connectivity index is 1.57. The number of primary amides is 1. The van der Waals surface area contributed by atoms with Gasteiger partial charge in [-0.05, 0) is 49.2 Å². The van der Waals surface area contributed by atoms with Crippen LogP contribution in [-0.4, -0.2) is 24.6 Å². The van der Waals surface area contributed by atoms with Gasteiger partial charge in [-0.1, -0.05) is 12.1 Å². The van der Waals surface area contributed by atoms with Gasteiger partial charge in [0.2, 0.25) is 5.91 Å². The second-order valence-electron chi connectivity index (χ2n) is 6.11. The first-order valence-corrected chi connectivity index (χ1v) is 8.37. The molecule has 1 aliphatic carbocycles. The van der Waals surface area contributed by atoms with Gasteiger partial charge in [-0.2, -0.15) is 0 Å². The molecule has 0 aliphatic heterocycles. The summed E-state index contributed by atoms with van der Waals surface area (Å²) in [6.45, 7) is 2.52. The second-order valence-corrected chi connectivity index (χ2v) is 6.11. The minimum absolute atomic E-state index is 0.0111. The maximum atomic E-state index is 13.9. The molecule has 2 aromatic rings. The smallest absolute Gasteiger partial charge is 0.319 e. The van der Waals surface area contributed by atoms with Gasteiger partial charge in [0.15, 0.2) is 0 Å². The van der Waals surface area contributed by atoms with Crippen molar-refractivity contribution in [1.29, 1.82) is 0 Å². The van der Waals surface area contributed by atoms with E-state index in [2.05, 4.69) is 10.6 Å². The minimum Gasteiger partial charge on any atom is -0.494 e. The third-order valence-electron chi connectivity index (χ3n) is 4.21. The lowest BCUT2D eigenvalue weighted by Gasteiger charge is -2.09. The molecule has 0 heterocycles. The van der Waals surface area contributed by atoms with E-state index in [0.717, 1.165) is 23.8 Å². The van der Waals surface area contributed by atoms with E-state index in [9.17, 15) is 14.0 Å². The van der Waals surface area contributed by atoms with Crippen molar-refractivity contribution in [2.45, 2.75) is 25.3 Å². The zero-order chi connectivity index (χ0) is 18.7. The Kier molecular flexibility index (Phi) is 5.06. The predicted octanol–water partition coefficient (Wildman–Crippen LogP) is 3.00. The number of hydrogen-bond donors (Lipinski definition) is 3. The molecule has 0 aromatic heterocycles. The zero-order valence-electron chi connectivity index (χ0n) is 14.3. The molecule has 2 atom stereocenters. The van der Waals surface area contributed by atoms with Crippen molar-refractivity contribution in [1.82, 2.24) is 5.32 Å². The molecule has 6 nitrogen and oxygen atoms in total. The lowest BCUT2D eigenvalue weighted by molar-refractivity contribution is 0.1000. The highest BCUT2D eigenvalue weighted by atomic mass is 19.1. The van der Waals surface area contributed by atoms with Crippen molar-refractivity contribution in [3.8, 4) is 5.75 Å². The number of ether oxygens (including phenoxy) is 1. The fourth-order valence-corrected chi connectivity index (χ4v) is 2.82. The normalized spacial score (nSPS) is 18.1. The molecule has 0 saturated heterocycles. The molecule has 2 unspecified atom stereocenters. The monoisotopic (exact) mass is 357 g/mol. The lowest BCUT2D eigenvalue weighted by atomic mass is 10.1. The average Bonchev–Trinajstić information content (AvgIpc) is 3.36. The third-order valence-corrected chi connectivity index (χ3v) is 4.21. The summed E-state index contributed by atoms with van der Waals surface area (Å²) in [6, 6.07) is 10.9. The molecule has 3 rings (SSSR count). The summed E-state index contributed by atoms with van der Waals surface area (Å²) in [5.74, 6) is -0.428. The van der Waals surface area contributed by atoms with Crippen molar-refractivity contribution >= 4 is 17.6 Å². The number of urea groups is 1. The summed E-state index contributed by atoms with van der Waals surface area (Å²) in [5, 5.41) is 5.27. The molecule has 26 heavy (non-hydrogen) atoms. The summed E-state index contributed by atoms with van der Waals surface area (Å²) >= 11 is 0. The number of benzene rings is 2. The van der Waals surface area contributed by atoms with E-state index >= 15 is 0 Å². The standard InChI is InChI=1S/C19H20FN3O3/c1-2-26-13-5-3-4-11(8-13)14-10-17(14)23-19(25)22-16-7-6-12(18(21)24)9-15(16)20/h3-9,14,17H,2,10H2,1H3,(H2,21,24)(H2,22,23,25). The number of anilines is 1. The molecule has 1 fully saturated rings. The molecule has 0 spiro atoms. The summed E-state index contributed by atoms with van der Waals surface area (Å²) in [6.07, 6.45) is 0.812. The van der Waals surface area contributed by atoms with Gasteiger partial charge in [0.05, 0.1) is 12.3 Å². The molecule has 0 radical (unpaired) electrons. The Labute approximate surface area is 150 Å². The van der Waals surface area contributed by atoms with E-state index in [0.29, 0.717) is 6.61 Å². The molecule has 2 aromatic carbocycles. The van der Waals surface area contributed by atoms with Gasteiger partial charge in [-0.25, -0.2) is 9.18 Å². The molecule has 4 N–H and O–H groups in total. The van der Waals surface area contributed by atoms with Crippen molar-refractivity contribution in [2.24, 2.45) is 5.73 Å². The molecule has 7 heteroatoms. The summed E-state index contributed by atoms with van der Waals surface area (Å²) in [5.41, 5.74) is 6.22. The number of nitrogens with one attached hydrogen (secondary N) is 2. The van der Waals surface area contributed by atoms with Crippen LogP contribution in [0.2, 0.25) is 0 Å². The molecular weight excluding hydrogens is 337 g/mol. The van der Waals surface area contributed by atoms with Crippen molar-refractivity contribution < 1.29 is 18.7 Å². The first kappa shape index (κ1) is 17.7. The Bertz CT molecular complexity index is 841. The van der Waals surface area contributed by atoms with E-state index < -0.39 is 17.8 Å². The number of halogens is 1. The fourth-order valence-electron chi connectivity index (χ4n) is 2.82. The van der Waals surface area contributed by atoms with Gasteiger partial charge < -0.3 is 21.1 Å². The maximum Gasteiger partial charge on any atom is 0.319 e. The zero-order valence-corrected chi connectivity index (χ0v) is 14.3. The first-order valence-electron chi connectivity index (χ1n) is 8.37. The van der Waals surface area contributed by atoms with E-state index in [4.69, 9.17) is 10.5 Å². The molecule has 1 aliphatic rings. The maximum absolute atomic E-state index is 13.9. The summed E-state index contributed by atoms with van der Waals surface area (Å²) in [4.78, 5) is 23.1. The van der Waals surface area contributed by atoms with Crippen LogP contribution in [0.15, 0.2) is 42.5 Å². The minimum atomic E-state index is -0.727. The molecular formula is C19H20FN3O3. The Morgan fingerprint density at radius 1 is 1.27 bits per heavy atom. The van der Waals surface area contributed by atoms with Crippen molar-refractivity contribution in [2.75, 3.05) is 11.9 Å². The Morgan fingerprint density at radius 3 is 2.77 bits per heavy atom. The number of carbonyl (C=O) groups excluding carboxylic acids is 2. The van der Waals surface area contributed by atoms with Crippen LogP contribution in [0, 0.1) is 5.82 Å². The number of rotatable bonds is 6. The Hall–Kier alpha value is -3.09. The number of carbonyl (C=O) groups is 2. The largest absolute Gasteiger partial charge is 0.494 e. The van der Waals surface area contributed by atoms with Crippen LogP contribution < -0.4 is 21.1 Å². The summed E-state index contributed by atoms with van der Waals surface area (Å²) < 4.78 is 19.4. The molecule has 1 saturated carbocycles. The highest BCUT2D eigenvalue weighted by molar-refractivity contribution is 5.94. The van der Waals surface area contributed by atoms with Crippen LogP contribution in [0.5, 0.6) is 5.75 Å². The molecule has 0 bridgehead atoms.